The molecule has 1 aromatic carbocycles. The molecule has 0 radical (unpaired) electrons. The van der Waals surface area contributed by atoms with Crippen LogP contribution in [-0.2, 0) is 15.1 Å². The summed E-state index contributed by atoms with van der Waals surface area (Å²) in [5, 5.41) is 2.77. The largest absolute Gasteiger partial charge is 0.338 e. The van der Waals surface area contributed by atoms with Crippen LogP contribution in [0.3, 0.4) is 0 Å². The Hall–Kier alpha value is -1.89. The highest BCUT2D eigenvalue weighted by Gasteiger charge is 2.50. The Labute approximate surface area is 168 Å². The molecule has 1 saturated carbocycles. The van der Waals surface area contributed by atoms with Crippen molar-refractivity contribution in [2.24, 2.45) is 0 Å². The van der Waals surface area contributed by atoms with Crippen LogP contribution in [0.15, 0.2) is 28.7 Å². The van der Waals surface area contributed by atoms with E-state index in [0.29, 0.717) is 12.1 Å². The molecule has 1 aliphatic heterocycles. The summed E-state index contributed by atoms with van der Waals surface area (Å²) in [4.78, 5) is 41.3. The third kappa shape index (κ3) is 3.74. The Morgan fingerprint density at radius 1 is 1.26 bits per heavy atom. The molecule has 0 bridgehead atoms. The first-order chi connectivity index (χ1) is 12.9. The number of carbonyl (C=O) groups excluding carboxylic acids is 3. The molecule has 27 heavy (non-hydrogen) atoms. The van der Waals surface area contributed by atoms with Crippen LogP contribution < -0.4 is 5.32 Å². The van der Waals surface area contributed by atoms with Crippen molar-refractivity contribution in [1.29, 1.82) is 0 Å². The van der Waals surface area contributed by atoms with E-state index in [-0.39, 0.29) is 18.5 Å². The summed E-state index contributed by atoms with van der Waals surface area (Å²) in [5.74, 6) is -0.559. The predicted octanol–water partition coefficient (Wildman–Crippen LogP) is 3.40. The molecule has 1 aliphatic carbocycles. The summed E-state index contributed by atoms with van der Waals surface area (Å²) in [6.45, 7) is 4.00. The Morgan fingerprint density at radius 3 is 2.56 bits per heavy atom. The van der Waals surface area contributed by atoms with Crippen molar-refractivity contribution in [3.8, 4) is 0 Å². The molecule has 2 fully saturated rings. The maximum absolute atomic E-state index is 13.1. The zero-order valence-corrected chi connectivity index (χ0v) is 17.4. The van der Waals surface area contributed by atoms with Gasteiger partial charge >= 0.3 is 6.03 Å². The third-order valence-electron chi connectivity index (χ3n) is 5.66. The van der Waals surface area contributed by atoms with Crippen LogP contribution in [0.2, 0.25) is 0 Å². The molecule has 0 spiro atoms. The number of benzene rings is 1. The van der Waals surface area contributed by atoms with Crippen molar-refractivity contribution in [3.63, 3.8) is 0 Å². The van der Waals surface area contributed by atoms with Gasteiger partial charge < -0.3 is 10.2 Å². The number of rotatable bonds is 5. The van der Waals surface area contributed by atoms with Gasteiger partial charge in [0.2, 0.25) is 5.91 Å². The van der Waals surface area contributed by atoms with Gasteiger partial charge in [-0.2, -0.15) is 0 Å². The maximum atomic E-state index is 13.1. The average Bonchev–Trinajstić information content (AvgIpc) is 2.87. The number of halogens is 1. The van der Waals surface area contributed by atoms with Gasteiger partial charge in [0.1, 0.15) is 12.1 Å². The first-order valence-corrected chi connectivity index (χ1v) is 10.4. The predicted molar refractivity (Wildman–Crippen MR) is 106 cm³/mol. The van der Waals surface area contributed by atoms with Gasteiger partial charge in [0, 0.05) is 22.6 Å². The summed E-state index contributed by atoms with van der Waals surface area (Å²) in [5.41, 5.74) is -0.503. The van der Waals surface area contributed by atoms with Crippen LogP contribution in [0.25, 0.3) is 0 Å². The van der Waals surface area contributed by atoms with Crippen molar-refractivity contribution < 1.29 is 14.4 Å². The van der Waals surface area contributed by atoms with Crippen LogP contribution >= 0.6 is 15.9 Å². The van der Waals surface area contributed by atoms with E-state index in [1.807, 2.05) is 30.0 Å². The highest BCUT2D eigenvalue weighted by molar-refractivity contribution is 9.10. The van der Waals surface area contributed by atoms with Crippen LogP contribution in [0.5, 0.6) is 0 Å². The lowest BCUT2D eigenvalue weighted by atomic mass is 9.92. The number of hydrogen-bond acceptors (Lipinski definition) is 3. The van der Waals surface area contributed by atoms with E-state index in [9.17, 15) is 14.4 Å². The van der Waals surface area contributed by atoms with Crippen molar-refractivity contribution in [2.75, 3.05) is 13.1 Å². The number of urea groups is 1. The minimum absolute atomic E-state index is 0.163. The number of amides is 4. The van der Waals surface area contributed by atoms with Crippen LogP contribution in [-0.4, -0.2) is 46.8 Å². The summed E-state index contributed by atoms with van der Waals surface area (Å²) in [6.07, 6.45) is 5.44. The van der Waals surface area contributed by atoms with Gasteiger partial charge in [-0.1, -0.05) is 53.4 Å². The molecule has 1 N–H and O–H groups in total. The quantitative estimate of drug-likeness (QED) is 0.720. The Bertz CT molecular complexity index is 748. The third-order valence-corrected chi connectivity index (χ3v) is 6.35. The van der Waals surface area contributed by atoms with Gasteiger partial charge in [0.15, 0.2) is 0 Å². The van der Waals surface area contributed by atoms with Crippen LogP contribution in [0, 0.1) is 0 Å². The number of nitrogens with one attached hydrogen (secondary N) is 1. The number of hydrogen-bond donors (Lipinski definition) is 1. The zero-order valence-electron chi connectivity index (χ0n) is 15.8. The summed E-state index contributed by atoms with van der Waals surface area (Å²) >= 11 is 3.45. The monoisotopic (exact) mass is 435 g/mol. The first kappa shape index (κ1) is 19.9. The average molecular weight is 436 g/mol. The Morgan fingerprint density at radius 2 is 1.93 bits per heavy atom. The van der Waals surface area contributed by atoms with Gasteiger partial charge in [-0.15, -0.1) is 0 Å². The fourth-order valence-electron chi connectivity index (χ4n) is 4.15. The fraction of sp³-hybridized carbons (Fsp3) is 0.550. The van der Waals surface area contributed by atoms with Crippen molar-refractivity contribution in [2.45, 2.75) is 57.5 Å². The molecule has 6 nitrogen and oxygen atoms in total. The molecule has 146 valence electrons. The van der Waals surface area contributed by atoms with Crippen LogP contribution in [0.1, 0.15) is 51.5 Å². The Balaban J connectivity index is 1.77. The molecule has 1 aromatic rings. The van der Waals surface area contributed by atoms with Crippen LogP contribution in [0.4, 0.5) is 4.79 Å². The SMILES string of the molecule is CCN(C(=O)CN1C(=O)NC(C)(c2ccccc2Br)C1=O)C1CCCCC1. The summed E-state index contributed by atoms with van der Waals surface area (Å²) in [7, 11) is 0. The number of imide groups is 1. The van der Waals surface area contributed by atoms with Crippen molar-refractivity contribution >= 4 is 33.8 Å². The molecule has 2 aliphatic rings. The van der Waals surface area contributed by atoms with E-state index < -0.39 is 17.5 Å². The normalized spacial score (nSPS) is 23.4. The fourth-order valence-corrected chi connectivity index (χ4v) is 4.83. The Kier molecular flexibility index (Phi) is 5.89. The minimum Gasteiger partial charge on any atom is -0.338 e. The van der Waals surface area contributed by atoms with Gasteiger partial charge in [-0.3, -0.25) is 14.5 Å². The van der Waals surface area contributed by atoms with E-state index in [1.165, 1.54) is 6.42 Å². The van der Waals surface area contributed by atoms with Gasteiger partial charge in [0.25, 0.3) is 5.91 Å². The molecule has 3 rings (SSSR count). The minimum atomic E-state index is -1.18. The van der Waals surface area contributed by atoms with Gasteiger partial charge in [0.05, 0.1) is 0 Å². The molecule has 1 saturated heterocycles. The number of likely N-dealkylation sites (N-methyl/N-ethyl adjacent to an activating group) is 1. The molecule has 1 heterocycles. The van der Waals surface area contributed by atoms with E-state index >= 15 is 0 Å². The van der Waals surface area contributed by atoms with Gasteiger partial charge in [-0.25, -0.2) is 4.79 Å². The first-order valence-electron chi connectivity index (χ1n) is 9.57. The molecule has 4 amide bonds. The van der Waals surface area contributed by atoms with Crippen molar-refractivity contribution in [1.82, 2.24) is 15.1 Å². The number of nitrogens with zero attached hydrogens (tertiary/aromatic N) is 2. The van der Waals surface area contributed by atoms with Gasteiger partial charge in [-0.05, 0) is 32.8 Å². The lowest BCUT2D eigenvalue weighted by molar-refractivity contribution is -0.140. The summed E-state index contributed by atoms with van der Waals surface area (Å²) < 4.78 is 0.742. The second-order valence-corrected chi connectivity index (χ2v) is 8.25. The lowest BCUT2D eigenvalue weighted by Crippen LogP contribution is -2.48. The highest BCUT2D eigenvalue weighted by Crippen LogP contribution is 2.33. The lowest BCUT2D eigenvalue weighted by Gasteiger charge is -2.34. The smallest absolute Gasteiger partial charge is 0.325 e. The standard InChI is InChI=1S/C20H26BrN3O3/c1-3-23(14-9-5-4-6-10-14)17(25)13-24-18(26)20(2,22-19(24)27)15-11-7-8-12-16(15)21/h7-8,11-12,14H,3-6,9-10,13H2,1-2H3,(H,22,27). The topological polar surface area (TPSA) is 69.7 Å². The maximum Gasteiger partial charge on any atom is 0.325 e. The second-order valence-electron chi connectivity index (χ2n) is 7.40. The molecular formula is C20H26BrN3O3. The highest BCUT2D eigenvalue weighted by atomic mass is 79.9. The van der Waals surface area contributed by atoms with E-state index in [2.05, 4.69) is 21.2 Å². The second kappa shape index (κ2) is 8.00. The van der Waals surface area contributed by atoms with Crippen molar-refractivity contribution in [3.05, 3.63) is 34.3 Å². The molecule has 1 unspecified atom stereocenters. The molecule has 7 heteroatoms. The molecular weight excluding hydrogens is 410 g/mol. The molecule has 1 atom stereocenters. The number of carbonyl (C=O) groups is 3. The summed E-state index contributed by atoms with van der Waals surface area (Å²) in [6, 6.07) is 6.99. The zero-order chi connectivity index (χ0) is 19.6. The van der Waals surface area contributed by atoms with E-state index in [1.54, 1.807) is 13.0 Å². The van der Waals surface area contributed by atoms with E-state index in [4.69, 9.17) is 0 Å². The van der Waals surface area contributed by atoms with E-state index in [0.717, 1.165) is 35.1 Å². The molecule has 0 aromatic heterocycles.